The molecule has 0 fully saturated rings. The van der Waals surface area contributed by atoms with Gasteiger partial charge in [-0.1, -0.05) is 32.9 Å². The number of aryl methyl sites for hydroxylation is 1. The molecule has 2 aromatic carbocycles. The van der Waals surface area contributed by atoms with Gasteiger partial charge in [0.15, 0.2) is 0 Å². The second-order valence-electron chi connectivity index (χ2n) is 7.78. The van der Waals surface area contributed by atoms with Gasteiger partial charge >= 0.3 is 0 Å². The molecule has 0 saturated carbocycles. The molecule has 0 unspecified atom stereocenters. The number of nitrogens with one attached hydrogen (secondary N) is 2. The molecule has 0 spiro atoms. The number of rotatable bonds is 5. The molecule has 6 heteroatoms. The van der Waals surface area contributed by atoms with E-state index in [0.717, 1.165) is 20.7 Å². The Morgan fingerprint density at radius 3 is 2.39 bits per heavy atom. The monoisotopic (exact) mass is 396 g/mol. The number of carbonyl (C=O) groups excluding carboxylic acids is 2. The molecule has 0 saturated heterocycles. The topological polar surface area (TPSA) is 78.4 Å². The Morgan fingerprint density at radius 2 is 1.75 bits per heavy atom. The smallest absolute Gasteiger partial charge is 0.255 e. The second-order valence-corrected chi connectivity index (χ2v) is 8.95. The maximum Gasteiger partial charge on any atom is 0.255 e. The van der Waals surface area contributed by atoms with Gasteiger partial charge in [0.2, 0.25) is 5.91 Å². The summed E-state index contributed by atoms with van der Waals surface area (Å²) in [5, 5.41) is 12.5. The highest BCUT2D eigenvalue weighted by Crippen LogP contribution is 2.29. The summed E-state index contributed by atoms with van der Waals surface area (Å²) in [6, 6.07) is 15.5. The molecule has 28 heavy (non-hydrogen) atoms. The minimum absolute atomic E-state index is 0.0502. The quantitative estimate of drug-likeness (QED) is 0.424. The van der Waals surface area contributed by atoms with Gasteiger partial charge in [-0.2, -0.15) is 0 Å². The summed E-state index contributed by atoms with van der Waals surface area (Å²) in [5.74, 6) is -0.544. The van der Waals surface area contributed by atoms with Crippen molar-refractivity contribution in [2.24, 2.45) is 0 Å². The number of hydrogen-bond donors (Lipinski definition) is 3. The van der Waals surface area contributed by atoms with E-state index in [9.17, 15) is 9.59 Å². The summed E-state index contributed by atoms with van der Waals surface area (Å²) in [5.41, 5.74) is 4.23. The van der Waals surface area contributed by atoms with Crippen LogP contribution in [0.3, 0.4) is 0 Å². The van der Waals surface area contributed by atoms with Gasteiger partial charge in [0, 0.05) is 27.2 Å². The van der Waals surface area contributed by atoms with E-state index >= 15 is 0 Å². The van der Waals surface area contributed by atoms with E-state index < -0.39 is 5.91 Å². The fourth-order valence-corrected chi connectivity index (χ4v) is 3.96. The fraction of sp³-hybridized carbons (Fsp3) is 0.273. The van der Waals surface area contributed by atoms with E-state index in [1.807, 2.05) is 48.5 Å². The summed E-state index contributed by atoms with van der Waals surface area (Å²) in [4.78, 5) is 24.8. The lowest BCUT2D eigenvalue weighted by atomic mass is 9.87. The van der Waals surface area contributed by atoms with Crippen molar-refractivity contribution in [3.8, 4) is 0 Å². The summed E-state index contributed by atoms with van der Waals surface area (Å²) in [6.07, 6.45) is 0.797. The van der Waals surface area contributed by atoms with Crippen LogP contribution in [0.4, 0.5) is 5.69 Å². The number of fused-ring (bicyclic) bond motifs is 1. The third kappa shape index (κ3) is 4.77. The van der Waals surface area contributed by atoms with Gasteiger partial charge in [-0.05, 0) is 59.2 Å². The van der Waals surface area contributed by atoms with Crippen molar-refractivity contribution in [3.63, 3.8) is 0 Å². The standard InChI is InChI=1S/C22H24N2O3S/c1-22(2,3)16-6-4-14(5-7-16)21(26)23-17-8-10-19-15(12-17)13-18(28-19)9-11-20(25)24-27/h4-8,10,12-13,27H,9,11H2,1-3H3,(H,23,26)(H,24,25). The van der Waals surface area contributed by atoms with Gasteiger partial charge in [0.1, 0.15) is 0 Å². The second kappa shape index (κ2) is 8.12. The number of benzene rings is 2. The van der Waals surface area contributed by atoms with Gasteiger partial charge in [-0.3, -0.25) is 14.8 Å². The normalized spacial score (nSPS) is 11.4. The van der Waals surface area contributed by atoms with E-state index in [2.05, 4.69) is 26.1 Å². The highest BCUT2D eigenvalue weighted by molar-refractivity contribution is 7.19. The average molecular weight is 397 g/mol. The molecular formula is C22H24N2O3S. The third-order valence-corrected chi connectivity index (χ3v) is 5.74. The lowest BCUT2D eigenvalue weighted by molar-refractivity contribution is -0.129. The first-order valence-corrected chi connectivity index (χ1v) is 9.95. The van der Waals surface area contributed by atoms with Crippen molar-refractivity contribution in [3.05, 3.63) is 64.5 Å². The highest BCUT2D eigenvalue weighted by atomic mass is 32.1. The molecule has 0 aliphatic carbocycles. The van der Waals surface area contributed by atoms with Crippen LogP contribution in [0.1, 0.15) is 48.0 Å². The average Bonchev–Trinajstić information content (AvgIpc) is 3.07. The molecule has 3 rings (SSSR count). The maximum absolute atomic E-state index is 12.6. The van der Waals surface area contributed by atoms with Crippen molar-refractivity contribution >= 4 is 38.9 Å². The van der Waals surface area contributed by atoms with Crippen LogP contribution in [0.5, 0.6) is 0 Å². The summed E-state index contributed by atoms with van der Waals surface area (Å²) in [6.45, 7) is 6.42. The van der Waals surface area contributed by atoms with Crippen LogP contribution < -0.4 is 10.8 Å². The molecule has 5 nitrogen and oxygen atoms in total. The Labute approximate surface area is 168 Å². The first-order chi connectivity index (χ1) is 13.3. The van der Waals surface area contributed by atoms with Crippen LogP contribution in [0, 0.1) is 0 Å². The number of hydrogen-bond acceptors (Lipinski definition) is 4. The van der Waals surface area contributed by atoms with Crippen molar-refractivity contribution in [1.29, 1.82) is 0 Å². The van der Waals surface area contributed by atoms with Crippen LogP contribution >= 0.6 is 11.3 Å². The lowest BCUT2D eigenvalue weighted by Crippen LogP contribution is -2.18. The molecule has 0 bridgehead atoms. The van der Waals surface area contributed by atoms with Crippen LogP contribution in [0.2, 0.25) is 0 Å². The predicted molar refractivity (Wildman–Crippen MR) is 113 cm³/mol. The van der Waals surface area contributed by atoms with E-state index in [0.29, 0.717) is 12.0 Å². The molecule has 3 N–H and O–H groups in total. The number of hydroxylamine groups is 1. The van der Waals surface area contributed by atoms with Crippen LogP contribution in [0.25, 0.3) is 10.1 Å². The first kappa shape index (κ1) is 20.0. The maximum atomic E-state index is 12.6. The van der Waals surface area contributed by atoms with E-state index in [1.165, 1.54) is 5.56 Å². The van der Waals surface area contributed by atoms with Crippen molar-refractivity contribution in [1.82, 2.24) is 5.48 Å². The molecule has 146 valence electrons. The van der Waals surface area contributed by atoms with Crippen molar-refractivity contribution in [2.45, 2.75) is 39.0 Å². The van der Waals surface area contributed by atoms with Gasteiger partial charge in [-0.25, -0.2) is 5.48 Å². The molecule has 0 aliphatic heterocycles. The minimum atomic E-state index is -0.400. The van der Waals surface area contributed by atoms with Crippen LogP contribution in [-0.2, 0) is 16.6 Å². The molecule has 0 atom stereocenters. The third-order valence-electron chi connectivity index (χ3n) is 4.56. The van der Waals surface area contributed by atoms with Gasteiger partial charge in [0.25, 0.3) is 5.91 Å². The molecule has 3 aromatic rings. The molecule has 1 heterocycles. The highest BCUT2D eigenvalue weighted by Gasteiger charge is 2.14. The molecule has 0 radical (unpaired) electrons. The van der Waals surface area contributed by atoms with E-state index in [4.69, 9.17) is 5.21 Å². The fourth-order valence-electron chi connectivity index (χ4n) is 2.92. The zero-order valence-electron chi connectivity index (χ0n) is 16.2. The number of anilines is 1. The molecule has 1 aromatic heterocycles. The zero-order valence-corrected chi connectivity index (χ0v) is 17.0. The van der Waals surface area contributed by atoms with Crippen LogP contribution in [0.15, 0.2) is 48.5 Å². The van der Waals surface area contributed by atoms with Gasteiger partial charge in [0.05, 0.1) is 0 Å². The Hall–Kier alpha value is -2.70. The summed E-state index contributed by atoms with van der Waals surface area (Å²) >= 11 is 1.60. The SMILES string of the molecule is CC(C)(C)c1ccc(C(=O)Nc2ccc3sc(CCC(=O)NO)cc3c2)cc1. The van der Waals surface area contributed by atoms with E-state index in [1.54, 1.807) is 16.8 Å². The largest absolute Gasteiger partial charge is 0.322 e. The van der Waals surface area contributed by atoms with E-state index in [-0.39, 0.29) is 17.7 Å². The summed E-state index contributed by atoms with van der Waals surface area (Å²) in [7, 11) is 0. The first-order valence-electron chi connectivity index (χ1n) is 9.13. The number of carbonyl (C=O) groups is 2. The van der Waals surface area contributed by atoms with Crippen molar-refractivity contribution in [2.75, 3.05) is 5.32 Å². The molecule has 2 amide bonds. The van der Waals surface area contributed by atoms with Crippen LogP contribution in [-0.4, -0.2) is 17.0 Å². The Morgan fingerprint density at radius 1 is 1.04 bits per heavy atom. The summed E-state index contributed by atoms with van der Waals surface area (Å²) < 4.78 is 1.09. The molecular weight excluding hydrogens is 372 g/mol. The predicted octanol–water partition coefficient (Wildman–Crippen LogP) is 4.89. The Bertz CT molecular complexity index is 1000. The zero-order chi connectivity index (χ0) is 20.3. The Kier molecular flexibility index (Phi) is 5.82. The molecule has 0 aliphatic rings. The van der Waals surface area contributed by atoms with Crippen molar-refractivity contribution < 1.29 is 14.8 Å². The lowest BCUT2D eigenvalue weighted by Gasteiger charge is -2.19. The Balaban J connectivity index is 1.71. The number of amides is 2. The number of thiophene rings is 1. The minimum Gasteiger partial charge on any atom is -0.322 e. The van der Waals surface area contributed by atoms with Gasteiger partial charge < -0.3 is 5.32 Å². The van der Waals surface area contributed by atoms with Gasteiger partial charge in [-0.15, -0.1) is 11.3 Å².